The van der Waals surface area contributed by atoms with E-state index in [4.69, 9.17) is 23.2 Å². The standard InChI is InChI=1S/C23H35Cl2N3O2/c1-2-3-4-5-6-7-8-9-10-11-12-13-22(29)26-18-23(30)28-27-17-19-14-15-20(24)16-21(19)25/h14-17H,2-13,18H2,1H3,(H,26,29)(H,28,30)/b27-17-. The fraction of sp³-hybridized carbons (Fsp3) is 0.609. The molecule has 0 fully saturated rings. The van der Waals surface area contributed by atoms with Gasteiger partial charge in [0.25, 0.3) is 5.91 Å². The molecule has 0 aliphatic rings. The molecule has 0 aromatic heterocycles. The normalized spacial score (nSPS) is 11.0. The summed E-state index contributed by atoms with van der Waals surface area (Å²) in [5.41, 5.74) is 3.00. The molecule has 0 aliphatic carbocycles. The number of nitrogens with zero attached hydrogens (tertiary/aromatic N) is 1. The number of unbranched alkanes of at least 4 members (excludes halogenated alkanes) is 10. The van der Waals surface area contributed by atoms with Crippen LogP contribution >= 0.6 is 23.2 Å². The van der Waals surface area contributed by atoms with Crippen molar-refractivity contribution in [1.29, 1.82) is 0 Å². The lowest BCUT2D eigenvalue weighted by Crippen LogP contribution is -2.34. The van der Waals surface area contributed by atoms with Crippen LogP contribution in [0.2, 0.25) is 10.0 Å². The van der Waals surface area contributed by atoms with Gasteiger partial charge in [-0.2, -0.15) is 5.10 Å². The van der Waals surface area contributed by atoms with Crippen LogP contribution in [0.3, 0.4) is 0 Å². The average Bonchev–Trinajstić information content (AvgIpc) is 2.72. The fourth-order valence-electron chi connectivity index (χ4n) is 3.04. The van der Waals surface area contributed by atoms with E-state index >= 15 is 0 Å². The summed E-state index contributed by atoms with van der Waals surface area (Å²) in [6.07, 6.45) is 15.6. The first-order valence-electron chi connectivity index (χ1n) is 11.1. The molecule has 0 spiro atoms. The molecular weight excluding hydrogens is 421 g/mol. The van der Waals surface area contributed by atoms with Crippen molar-refractivity contribution in [1.82, 2.24) is 10.7 Å². The Bertz CT molecular complexity index is 666. The monoisotopic (exact) mass is 455 g/mol. The maximum Gasteiger partial charge on any atom is 0.259 e. The lowest BCUT2D eigenvalue weighted by Gasteiger charge is -2.05. The van der Waals surface area contributed by atoms with Crippen molar-refractivity contribution >= 4 is 41.2 Å². The molecule has 2 amide bonds. The number of halogens is 2. The van der Waals surface area contributed by atoms with Gasteiger partial charge in [-0.25, -0.2) is 5.43 Å². The number of benzene rings is 1. The molecule has 0 heterocycles. The van der Waals surface area contributed by atoms with Gasteiger partial charge in [0.1, 0.15) is 0 Å². The highest BCUT2D eigenvalue weighted by Crippen LogP contribution is 2.19. The van der Waals surface area contributed by atoms with Crippen molar-refractivity contribution < 1.29 is 9.59 Å². The van der Waals surface area contributed by atoms with Crippen molar-refractivity contribution in [3.8, 4) is 0 Å². The van der Waals surface area contributed by atoms with Crippen LogP contribution in [0.25, 0.3) is 0 Å². The zero-order valence-corrected chi connectivity index (χ0v) is 19.5. The zero-order chi connectivity index (χ0) is 22.0. The first-order valence-corrected chi connectivity index (χ1v) is 11.8. The summed E-state index contributed by atoms with van der Waals surface area (Å²) in [4.78, 5) is 23.6. The molecule has 1 aromatic rings. The van der Waals surface area contributed by atoms with E-state index in [1.807, 2.05) is 0 Å². The average molecular weight is 456 g/mol. The minimum absolute atomic E-state index is 0.0947. The number of carbonyl (C=O) groups is 2. The molecule has 0 saturated heterocycles. The molecule has 0 radical (unpaired) electrons. The number of carbonyl (C=O) groups excluding carboxylic acids is 2. The number of amides is 2. The fourth-order valence-corrected chi connectivity index (χ4v) is 3.49. The first kappa shape index (κ1) is 26.4. The maximum absolute atomic E-state index is 11.8. The molecule has 0 aliphatic heterocycles. The van der Waals surface area contributed by atoms with E-state index in [2.05, 4.69) is 22.8 Å². The van der Waals surface area contributed by atoms with Crippen LogP contribution in [-0.2, 0) is 9.59 Å². The highest BCUT2D eigenvalue weighted by Gasteiger charge is 2.05. The van der Waals surface area contributed by atoms with Crippen molar-refractivity contribution in [3.63, 3.8) is 0 Å². The number of rotatable bonds is 16. The number of hydrogen-bond acceptors (Lipinski definition) is 3. The van der Waals surface area contributed by atoms with Gasteiger partial charge in [-0.1, -0.05) is 100 Å². The Hall–Kier alpha value is -1.59. The Kier molecular flexibility index (Phi) is 15.1. The Morgan fingerprint density at radius 1 is 0.900 bits per heavy atom. The highest BCUT2D eigenvalue weighted by molar-refractivity contribution is 6.36. The summed E-state index contributed by atoms with van der Waals surface area (Å²) in [6.45, 7) is 2.15. The van der Waals surface area contributed by atoms with Gasteiger partial charge in [0.05, 0.1) is 17.8 Å². The Morgan fingerprint density at radius 2 is 1.50 bits per heavy atom. The van der Waals surface area contributed by atoms with E-state index in [0.717, 1.165) is 12.8 Å². The third-order valence-corrected chi connectivity index (χ3v) is 5.37. The summed E-state index contributed by atoms with van der Waals surface area (Å²) in [7, 11) is 0. The molecular formula is C23H35Cl2N3O2. The van der Waals surface area contributed by atoms with Crippen molar-refractivity contribution in [2.24, 2.45) is 5.10 Å². The summed E-state index contributed by atoms with van der Waals surface area (Å²) in [5, 5.41) is 7.43. The second kappa shape index (κ2) is 17.1. The van der Waals surface area contributed by atoms with E-state index in [1.165, 1.54) is 64.0 Å². The molecule has 1 rings (SSSR count). The van der Waals surface area contributed by atoms with Gasteiger partial charge in [0.2, 0.25) is 5.91 Å². The molecule has 168 valence electrons. The van der Waals surface area contributed by atoms with Crippen LogP contribution in [0.5, 0.6) is 0 Å². The van der Waals surface area contributed by atoms with E-state index in [0.29, 0.717) is 22.0 Å². The predicted molar refractivity (Wildman–Crippen MR) is 126 cm³/mol. The molecule has 0 bridgehead atoms. The quantitative estimate of drug-likeness (QED) is 0.175. The summed E-state index contributed by atoms with van der Waals surface area (Å²) in [6, 6.07) is 4.99. The zero-order valence-electron chi connectivity index (χ0n) is 18.0. The maximum atomic E-state index is 11.8. The largest absolute Gasteiger partial charge is 0.347 e. The van der Waals surface area contributed by atoms with Crippen molar-refractivity contribution in [2.45, 2.75) is 84.0 Å². The van der Waals surface area contributed by atoms with Crippen LogP contribution in [0.15, 0.2) is 23.3 Å². The Labute approximate surface area is 191 Å². The van der Waals surface area contributed by atoms with Crippen molar-refractivity contribution in [3.05, 3.63) is 33.8 Å². The molecule has 1 aromatic carbocycles. The molecule has 0 saturated carbocycles. The highest BCUT2D eigenvalue weighted by atomic mass is 35.5. The first-order chi connectivity index (χ1) is 14.5. The van der Waals surface area contributed by atoms with Crippen LogP contribution < -0.4 is 10.7 Å². The van der Waals surface area contributed by atoms with Crippen LogP contribution in [-0.4, -0.2) is 24.6 Å². The summed E-state index contributed by atoms with van der Waals surface area (Å²) < 4.78 is 0. The van der Waals surface area contributed by atoms with Gasteiger partial charge in [-0.15, -0.1) is 0 Å². The SMILES string of the molecule is CCCCCCCCCCCCCC(=O)NCC(=O)N/N=C\c1ccc(Cl)cc1Cl. The van der Waals surface area contributed by atoms with Crippen LogP contribution in [0, 0.1) is 0 Å². The minimum atomic E-state index is -0.386. The summed E-state index contributed by atoms with van der Waals surface area (Å²) in [5.74, 6) is -0.491. The van der Waals surface area contributed by atoms with E-state index < -0.39 is 0 Å². The van der Waals surface area contributed by atoms with Crippen LogP contribution in [0.4, 0.5) is 0 Å². The van der Waals surface area contributed by atoms with Gasteiger partial charge < -0.3 is 5.32 Å². The Balaban J connectivity index is 2.00. The minimum Gasteiger partial charge on any atom is -0.347 e. The van der Waals surface area contributed by atoms with E-state index in [-0.39, 0.29) is 18.4 Å². The van der Waals surface area contributed by atoms with E-state index in [1.54, 1.807) is 18.2 Å². The van der Waals surface area contributed by atoms with Crippen molar-refractivity contribution in [2.75, 3.05) is 6.54 Å². The van der Waals surface area contributed by atoms with Gasteiger partial charge in [0.15, 0.2) is 0 Å². The third-order valence-electron chi connectivity index (χ3n) is 4.81. The third kappa shape index (κ3) is 13.6. The molecule has 0 atom stereocenters. The topological polar surface area (TPSA) is 70.6 Å². The molecule has 5 nitrogen and oxygen atoms in total. The van der Waals surface area contributed by atoms with Gasteiger partial charge in [-0.05, 0) is 18.6 Å². The van der Waals surface area contributed by atoms with E-state index in [9.17, 15) is 9.59 Å². The summed E-state index contributed by atoms with van der Waals surface area (Å²) >= 11 is 11.8. The van der Waals surface area contributed by atoms with Crippen LogP contribution in [0.1, 0.15) is 89.5 Å². The second-order valence-corrected chi connectivity index (χ2v) is 8.36. The number of hydrazone groups is 1. The molecule has 2 N–H and O–H groups in total. The lowest BCUT2D eigenvalue weighted by molar-refractivity contribution is -0.126. The number of nitrogens with one attached hydrogen (secondary N) is 2. The Morgan fingerprint density at radius 3 is 2.10 bits per heavy atom. The number of hydrogen-bond donors (Lipinski definition) is 2. The molecule has 7 heteroatoms. The molecule has 0 unspecified atom stereocenters. The van der Waals surface area contributed by atoms with Gasteiger partial charge >= 0.3 is 0 Å². The van der Waals surface area contributed by atoms with Gasteiger partial charge in [-0.3, -0.25) is 9.59 Å². The smallest absolute Gasteiger partial charge is 0.259 e. The van der Waals surface area contributed by atoms with Gasteiger partial charge in [0, 0.05) is 17.0 Å². The second-order valence-electron chi connectivity index (χ2n) is 7.52. The molecule has 30 heavy (non-hydrogen) atoms. The predicted octanol–water partition coefficient (Wildman–Crippen LogP) is 6.26. The lowest BCUT2D eigenvalue weighted by atomic mass is 10.1.